The second-order valence-electron chi connectivity index (χ2n) is 3.72. The average Bonchev–Trinajstić information content (AvgIpc) is 1.85. The number of ether oxygens (including phenoxy) is 1. The van der Waals surface area contributed by atoms with Crippen LogP contribution in [0.5, 0.6) is 0 Å². The number of carbonyl (C=O) groups is 1. The molecule has 0 radical (unpaired) electrons. The minimum absolute atomic E-state index is 0.221. The lowest BCUT2D eigenvalue weighted by atomic mass is 9.81. The van der Waals surface area contributed by atoms with Crippen molar-refractivity contribution in [3.05, 3.63) is 0 Å². The lowest BCUT2D eigenvalue weighted by molar-refractivity contribution is -0.148. The largest absolute Gasteiger partial charge is 0.465 e. The summed E-state index contributed by atoms with van der Waals surface area (Å²) in [6, 6.07) is 0. The van der Waals surface area contributed by atoms with Crippen LogP contribution < -0.4 is 0 Å². The second kappa shape index (κ2) is 4.15. The van der Waals surface area contributed by atoms with Gasteiger partial charge in [0.15, 0.2) is 0 Å². The Morgan fingerprint density at radius 1 is 1.58 bits per heavy atom. The van der Waals surface area contributed by atoms with E-state index in [0.29, 0.717) is 6.61 Å². The Balaban J connectivity index is 4.39. The summed E-state index contributed by atoms with van der Waals surface area (Å²) in [6.45, 7) is 7.93. The summed E-state index contributed by atoms with van der Waals surface area (Å²) in [7, 11) is 0. The predicted octanol–water partition coefficient (Wildman–Crippen LogP) is 1.84. The number of hydrogen-bond acceptors (Lipinski definition) is 2. The van der Waals surface area contributed by atoms with E-state index in [9.17, 15) is 4.79 Å². The average molecular weight is 168 g/mol. The van der Waals surface area contributed by atoms with Gasteiger partial charge in [0.1, 0.15) is 5.92 Å². The Kier molecular flexibility index (Phi) is 3.82. The fourth-order valence-electron chi connectivity index (χ4n) is 0.897. The van der Waals surface area contributed by atoms with Crippen LogP contribution in [0.25, 0.3) is 0 Å². The van der Waals surface area contributed by atoms with Gasteiger partial charge in [0.05, 0.1) is 6.61 Å². The molecule has 0 aromatic rings. The van der Waals surface area contributed by atoms with Gasteiger partial charge in [0.25, 0.3) is 0 Å². The third kappa shape index (κ3) is 2.96. The zero-order valence-electron chi connectivity index (χ0n) is 8.18. The fraction of sp³-hybridized carbons (Fsp3) is 0.700. The molecular weight excluding hydrogens is 152 g/mol. The summed E-state index contributed by atoms with van der Waals surface area (Å²) in [6.07, 6.45) is 5.24. The maximum absolute atomic E-state index is 11.3. The molecule has 0 aromatic carbocycles. The Labute approximate surface area is 74.3 Å². The highest BCUT2D eigenvalue weighted by molar-refractivity contribution is 5.76. The number of esters is 1. The van der Waals surface area contributed by atoms with Gasteiger partial charge in [-0.3, -0.25) is 4.79 Å². The van der Waals surface area contributed by atoms with Crippen molar-refractivity contribution < 1.29 is 9.53 Å². The van der Waals surface area contributed by atoms with Crippen molar-refractivity contribution in [3.8, 4) is 12.3 Å². The number of carbonyl (C=O) groups excluding carboxylic acids is 1. The summed E-state index contributed by atoms with van der Waals surface area (Å²) in [5.74, 6) is 1.71. The van der Waals surface area contributed by atoms with E-state index in [0.717, 1.165) is 0 Å². The topological polar surface area (TPSA) is 26.3 Å². The highest BCUT2D eigenvalue weighted by atomic mass is 16.5. The first-order valence-corrected chi connectivity index (χ1v) is 4.06. The monoisotopic (exact) mass is 168 g/mol. The molecule has 68 valence electrons. The van der Waals surface area contributed by atoms with Gasteiger partial charge >= 0.3 is 5.97 Å². The third-order valence-corrected chi connectivity index (χ3v) is 1.55. The third-order valence-electron chi connectivity index (χ3n) is 1.55. The summed E-state index contributed by atoms with van der Waals surface area (Å²) in [5.41, 5.74) is -0.221. The van der Waals surface area contributed by atoms with E-state index >= 15 is 0 Å². The summed E-state index contributed by atoms with van der Waals surface area (Å²) in [5, 5.41) is 0. The van der Waals surface area contributed by atoms with E-state index in [-0.39, 0.29) is 11.4 Å². The van der Waals surface area contributed by atoms with Gasteiger partial charge < -0.3 is 4.74 Å². The standard InChI is InChI=1S/C10H16O2/c1-6-8(10(3,4)5)9(11)12-7-2/h1,8H,7H2,2-5H3. The minimum atomic E-state index is -0.447. The second-order valence-corrected chi connectivity index (χ2v) is 3.72. The minimum Gasteiger partial charge on any atom is -0.465 e. The Morgan fingerprint density at radius 2 is 2.08 bits per heavy atom. The maximum atomic E-state index is 11.3. The summed E-state index contributed by atoms with van der Waals surface area (Å²) < 4.78 is 4.84. The predicted molar refractivity (Wildman–Crippen MR) is 48.4 cm³/mol. The molecule has 0 N–H and O–H groups in total. The molecule has 1 unspecified atom stereocenters. The lowest BCUT2D eigenvalue weighted by Crippen LogP contribution is -2.28. The van der Waals surface area contributed by atoms with Crippen molar-refractivity contribution in [2.45, 2.75) is 27.7 Å². The maximum Gasteiger partial charge on any atom is 0.321 e. The van der Waals surface area contributed by atoms with E-state index in [1.54, 1.807) is 6.92 Å². The zero-order chi connectivity index (χ0) is 9.78. The van der Waals surface area contributed by atoms with Crippen LogP contribution >= 0.6 is 0 Å². The van der Waals surface area contributed by atoms with E-state index in [1.165, 1.54) is 0 Å². The molecule has 2 heteroatoms. The molecule has 0 amide bonds. The quantitative estimate of drug-likeness (QED) is 0.464. The van der Waals surface area contributed by atoms with Crippen LogP contribution in [0, 0.1) is 23.7 Å². The Morgan fingerprint density at radius 3 is 2.33 bits per heavy atom. The van der Waals surface area contributed by atoms with E-state index in [4.69, 9.17) is 11.2 Å². The molecule has 2 nitrogen and oxygen atoms in total. The first-order valence-electron chi connectivity index (χ1n) is 4.06. The van der Waals surface area contributed by atoms with Gasteiger partial charge in [-0.05, 0) is 12.3 Å². The van der Waals surface area contributed by atoms with Gasteiger partial charge in [0.2, 0.25) is 0 Å². The van der Waals surface area contributed by atoms with Crippen LogP contribution in [0.4, 0.5) is 0 Å². The molecule has 1 atom stereocenters. The molecule has 0 aliphatic carbocycles. The van der Waals surface area contributed by atoms with Crippen molar-refractivity contribution in [1.82, 2.24) is 0 Å². The van der Waals surface area contributed by atoms with Gasteiger partial charge in [-0.25, -0.2) is 0 Å². The molecule has 0 spiro atoms. The fourth-order valence-corrected chi connectivity index (χ4v) is 0.897. The van der Waals surface area contributed by atoms with E-state index in [1.807, 2.05) is 20.8 Å². The van der Waals surface area contributed by atoms with Crippen molar-refractivity contribution in [2.75, 3.05) is 6.61 Å². The molecule has 0 fully saturated rings. The lowest BCUT2D eigenvalue weighted by Gasteiger charge is -2.23. The van der Waals surface area contributed by atoms with Crippen LogP contribution in [0.3, 0.4) is 0 Å². The Hall–Kier alpha value is -0.970. The highest BCUT2D eigenvalue weighted by Gasteiger charge is 2.30. The van der Waals surface area contributed by atoms with E-state index in [2.05, 4.69) is 5.92 Å². The highest BCUT2D eigenvalue weighted by Crippen LogP contribution is 2.26. The molecular formula is C10H16O2. The van der Waals surface area contributed by atoms with Crippen LogP contribution in [0.2, 0.25) is 0 Å². The molecule has 0 bridgehead atoms. The van der Waals surface area contributed by atoms with E-state index < -0.39 is 5.92 Å². The molecule has 0 aliphatic heterocycles. The van der Waals surface area contributed by atoms with Crippen LogP contribution in [-0.2, 0) is 9.53 Å². The van der Waals surface area contributed by atoms with Crippen molar-refractivity contribution in [1.29, 1.82) is 0 Å². The van der Waals surface area contributed by atoms with Gasteiger partial charge in [-0.2, -0.15) is 0 Å². The number of rotatable bonds is 2. The molecule has 0 aromatic heterocycles. The van der Waals surface area contributed by atoms with Crippen molar-refractivity contribution in [2.24, 2.45) is 11.3 Å². The molecule has 0 rings (SSSR count). The van der Waals surface area contributed by atoms with Crippen LogP contribution in [0.15, 0.2) is 0 Å². The van der Waals surface area contributed by atoms with Gasteiger partial charge in [-0.15, -0.1) is 6.42 Å². The van der Waals surface area contributed by atoms with Gasteiger partial charge in [0, 0.05) is 0 Å². The molecule has 0 saturated carbocycles. The van der Waals surface area contributed by atoms with Crippen LogP contribution in [-0.4, -0.2) is 12.6 Å². The van der Waals surface area contributed by atoms with Crippen molar-refractivity contribution in [3.63, 3.8) is 0 Å². The summed E-state index contributed by atoms with van der Waals surface area (Å²) in [4.78, 5) is 11.3. The molecule has 0 heterocycles. The SMILES string of the molecule is C#CC(C(=O)OCC)C(C)(C)C. The Bertz CT molecular complexity index is 193. The summed E-state index contributed by atoms with van der Waals surface area (Å²) >= 11 is 0. The van der Waals surface area contributed by atoms with Gasteiger partial charge in [-0.1, -0.05) is 26.7 Å². The number of terminal acetylenes is 1. The number of hydrogen-bond donors (Lipinski definition) is 0. The normalized spacial score (nSPS) is 13.2. The molecule has 12 heavy (non-hydrogen) atoms. The van der Waals surface area contributed by atoms with Crippen LogP contribution in [0.1, 0.15) is 27.7 Å². The van der Waals surface area contributed by atoms with Crippen molar-refractivity contribution >= 4 is 5.97 Å². The molecule has 0 saturated heterocycles. The molecule has 0 aliphatic rings. The first kappa shape index (κ1) is 11.0. The zero-order valence-corrected chi connectivity index (χ0v) is 8.18. The smallest absolute Gasteiger partial charge is 0.321 e. The first-order chi connectivity index (χ1) is 5.43.